The van der Waals surface area contributed by atoms with Crippen molar-refractivity contribution in [2.24, 2.45) is 0 Å². The Labute approximate surface area is 186 Å². The Balaban J connectivity index is 1.76. The third-order valence-electron chi connectivity index (χ3n) is 6.35. The third-order valence-corrected chi connectivity index (χ3v) is 7.48. The Bertz CT molecular complexity index is 1550. The molecular formula is C30H24S. The maximum atomic E-state index is 2.39. The van der Waals surface area contributed by atoms with Gasteiger partial charge in [-0.25, -0.2) is 0 Å². The van der Waals surface area contributed by atoms with Crippen LogP contribution in [-0.2, 0) is 5.41 Å². The molecule has 0 aliphatic carbocycles. The Morgan fingerprint density at radius 2 is 1.03 bits per heavy atom. The topological polar surface area (TPSA) is 0 Å². The van der Waals surface area contributed by atoms with Gasteiger partial charge >= 0.3 is 0 Å². The van der Waals surface area contributed by atoms with Crippen molar-refractivity contribution in [2.75, 3.05) is 0 Å². The lowest BCUT2D eigenvalue weighted by Crippen LogP contribution is -2.13. The minimum Gasteiger partial charge on any atom is -0.135 e. The van der Waals surface area contributed by atoms with E-state index in [9.17, 15) is 0 Å². The van der Waals surface area contributed by atoms with E-state index >= 15 is 0 Å². The average Bonchev–Trinajstić information content (AvgIpc) is 3.14. The lowest BCUT2D eigenvalue weighted by atomic mass is 9.78. The van der Waals surface area contributed by atoms with Crippen LogP contribution < -0.4 is 0 Å². The van der Waals surface area contributed by atoms with Gasteiger partial charge in [-0.2, -0.15) is 0 Å². The molecule has 0 aliphatic heterocycles. The van der Waals surface area contributed by atoms with E-state index < -0.39 is 0 Å². The standard InChI is InChI=1S/C30H24S/c1-30(2,3)29-24-13-6-4-11-22(24)28(23-12-5-7-14-25(23)29)19-16-17-21-20-10-8-9-15-26(20)31-27(21)18-19/h4-18H,1-3H3. The highest BCUT2D eigenvalue weighted by atomic mass is 32.1. The Morgan fingerprint density at radius 3 is 1.65 bits per heavy atom. The van der Waals surface area contributed by atoms with E-state index in [4.69, 9.17) is 0 Å². The second-order valence-electron chi connectivity index (χ2n) is 9.40. The monoisotopic (exact) mass is 416 g/mol. The van der Waals surface area contributed by atoms with Crippen molar-refractivity contribution in [3.8, 4) is 11.1 Å². The molecule has 1 heteroatoms. The maximum absolute atomic E-state index is 2.39. The number of rotatable bonds is 1. The van der Waals surface area contributed by atoms with Crippen molar-refractivity contribution in [3.05, 3.63) is 96.6 Å². The Morgan fingerprint density at radius 1 is 0.516 bits per heavy atom. The summed E-state index contributed by atoms with van der Waals surface area (Å²) < 4.78 is 2.71. The number of fused-ring (bicyclic) bond motifs is 5. The van der Waals surface area contributed by atoms with Gasteiger partial charge in [0.25, 0.3) is 0 Å². The number of benzene rings is 5. The number of hydrogen-bond donors (Lipinski definition) is 0. The van der Waals surface area contributed by atoms with E-state index in [0.29, 0.717) is 0 Å². The Kier molecular flexibility index (Phi) is 4.00. The number of thiophene rings is 1. The van der Waals surface area contributed by atoms with Crippen LogP contribution in [0, 0.1) is 0 Å². The zero-order valence-corrected chi connectivity index (χ0v) is 18.9. The molecule has 0 nitrogen and oxygen atoms in total. The molecule has 5 aromatic carbocycles. The molecule has 31 heavy (non-hydrogen) atoms. The molecule has 0 bridgehead atoms. The first-order valence-electron chi connectivity index (χ1n) is 10.9. The van der Waals surface area contributed by atoms with Crippen LogP contribution in [0.2, 0.25) is 0 Å². The first kappa shape index (κ1) is 18.6. The molecule has 0 radical (unpaired) electrons. The molecule has 1 aromatic heterocycles. The molecule has 150 valence electrons. The molecular weight excluding hydrogens is 392 g/mol. The molecule has 0 unspecified atom stereocenters. The van der Waals surface area contributed by atoms with E-state index in [2.05, 4.69) is 112 Å². The second kappa shape index (κ2) is 6.67. The minimum absolute atomic E-state index is 0.0627. The van der Waals surface area contributed by atoms with Crippen molar-refractivity contribution in [1.29, 1.82) is 0 Å². The smallest absolute Gasteiger partial charge is 0.0361 e. The molecule has 0 fully saturated rings. The predicted molar refractivity (Wildman–Crippen MR) is 138 cm³/mol. The fourth-order valence-corrected chi connectivity index (χ4v) is 6.27. The third kappa shape index (κ3) is 2.80. The highest BCUT2D eigenvalue weighted by Crippen LogP contribution is 2.45. The maximum Gasteiger partial charge on any atom is 0.0361 e. The minimum atomic E-state index is 0.0627. The van der Waals surface area contributed by atoms with Crippen molar-refractivity contribution in [1.82, 2.24) is 0 Å². The van der Waals surface area contributed by atoms with Crippen molar-refractivity contribution in [3.63, 3.8) is 0 Å². The lowest BCUT2D eigenvalue weighted by molar-refractivity contribution is 0.601. The molecule has 0 amide bonds. The van der Waals surface area contributed by atoms with Gasteiger partial charge in [0.05, 0.1) is 0 Å². The van der Waals surface area contributed by atoms with Crippen LogP contribution >= 0.6 is 11.3 Å². The van der Waals surface area contributed by atoms with E-state index in [1.807, 2.05) is 11.3 Å². The zero-order valence-electron chi connectivity index (χ0n) is 18.1. The van der Waals surface area contributed by atoms with Crippen molar-refractivity contribution < 1.29 is 0 Å². The molecule has 0 aliphatic rings. The molecule has 0 saturated carbocycles. The fourth-order valence-electron chi connectivity index (χ4n) is 5.13. The molecule has 0 atom stereocenters. The van der Waals surface area contributed by atoms with Crippen LogP contribution in [0.4, 0.5) is 0 Å². The first-order valence-corrected chi connectivity index (χ1v) is 11.7. The molecule has 6 rings (SSSR count). The van der Waals surface area contributed by atoms with Gasteiger partial charge in [0, 0.05) is 20.2 Å². The van der Waals surface area contributed by atoms with E-state index in [0.717, 1.165) is 0 Å². The summed E-state index contributed by atoms with van der Waals surface area (Å²) in [4.78, 5) is 0. The molecule has 6 aromatic rings. The SMILES string of the molecule is CC(C)(C)c1c2ccccc2c(-c2ccc3c(c2)sc2ccccc23)c2ccccc12. The highest BCUT2D eigenvalue weighted by Gasteiger charge is 2.23. The molecule has 0 N–H and O–H groups in total. The zero-order chi connectivity index (χ0) is 21.2. The summed E-state index contributed by atoms with van der Waals surface area (Å²) >= 11 is 1.89. The Hall–Kier alpha value is -3.16. The van der Waals surface area contributed by atoms with Crippen LogP contribution in [0.15, 0.2) is 91.0 Å². The van der Waals surface area contributed by atoms with Crippen LogP contribution in [0.1, 0.15) is 26.3 Å². The highest BCUT2D eigenvalue weighted by molar-refractivity contribution is 7.25. The van der Waals surface area contributed by atoms with Gasteiger partial charge in [0.15, 0.2) is 0 Å². The van der Waals surface area contributed by atoms with Gasteiger partial charge in [0.1, 0.15) is 0 Å². The first-order chi connectivity index (χ1) is 15.0. The van der Waals surface area contributed by atoms with E-state index in [1.54, 1.807) is 0 Å². The fraction of sp³-hybridized carbons (Fsp3) is 0.133. The normalized spacial score (nSPS) is 12.4. The van der Waals surface area contributed by atoms with Gasteiger partial charge in [0.2, 0.25) is 0 Å². The van der Waals surface area contributed by atoms with Crippen molar-refractivity contribution in [2.45, 2.75) is 26.2 Å². The quantitative estimate of drug-likeness (QED) is 0.234. The van der Waals surface area contributed by atoms with E-state index in [-0.39, 0.29) is 5.41 Å². The van der Waals surface area contributed by atoms with Gasteiger partial charge < -0.3 is 0 Å². The summed E-state index contributed by atoms with van der Waals surface area (Å²) in [6.45, 7) is 6.97. The van der Waals surface area contributed by atoms with Crippen LogP contribution in [0.5, 0.6) is 0 Å². The largest absolute Gasteiger partial charge is 0.135 e. The summed E-state index contributed by atoms with van der Waals surface area (Å²) in [5, 5.41) is 8.11. The molecule has 0 spiro atoms. The summed E-state index contributed by atoms with van der Waals surface area (Å²) in [5.41, 5.74) is 4.14. The van der Waals surface area contributed by atoms with Crippen LogP contribution in [0.25, 0.3) is 52.8 Å². The van der Waals surface area contributed by atoms with Gasteiger partial charge in [-0.15, -0.1) is 11.3 Å². The van der Waals surface area contributed by atoms with Gasteiger partial charge in [-0.1, -0.05) is 99.6 Å². The number of hydrogen-bond acceptors (Lipinski definition) is 1. The summed E-state index contributed by atoms with van der Waals surface area (Å²) in [6.07, 6.45) is 0. The summed E-state index contributed by atoms with van der Waals surface area (Å²) in [6, 6.07) is 33.6. The lowest BCUT2D eigenvalue weighted by Gasteiger charge is -2.26. The van der Waals surface area contributed by atoms with Crippen molar-refractivity contribution >= 4 is 53.1 Å². The molecule has 0 saturated heterocycles. The summed E-state index contributed by atoms with van der Waals surface area (Å²) in [7, 11) is 0. The summed E-state index contributed by atoms with van der Waals surface area (Å²) in [5.74, 6) is 0. The predicted octanol–water partition coefficient (Wildman–Crippen LogP) is 9.33. The van der Waals surface area contributed by atoms with Crippen LogP contribution in [0.3, 0.4) is 0 Å². The van der Waals surface area contributed by atoms with E-state index in [1.165, 1.54) is 58.4 Å². The van der Waals surface area contributed by atoms with Gasteiger partial charge in [-0.05, 0) is 55.8 Å². The van der Waals surface area contributed by atoms with Crippen LogP contribution in [-0.4, -0.2) is 0 Å². The average molecular weight is 417 g/mol. The van der Waals surface area contributed by atoms with Gasteiger partial charge in [-0.3, -0.25) is 0 Å². The molecule has 1 heterocycles. The second-order valence-corrected chi connectivity index (χ2v) is 10.5.